The van der Waals surface area contributed by atoms with Crippen LogP contribution in [0.4, 0.5) is 4.79 Å². The molecule has 0 atom stereocenters. The van der Waals surface area contributed by atoms with Crippen LogP contribution in [0.1, 0.15) is 23.8 Å². The third-order valence-electron chi connectivity index (χ3n) is 3.06. The minimum Gasteiger partial charge on any atom is -0.467 e. The molecule has 0 aliphatic rings. The van der Waals surface area contributed by atoms with Gasteiger partial charge in [0.1, 0.15) is 11.2 Å². The molecule has 2 rings (SSSR count). The minimum absolute atomic E-state index is 0.278. The number of rotatable bonds is 5. The summed E-state index contributed by atoms with van der Waals surface area (Å²) in [7, 11) is 0. The number of nitrogens with zero attached hydrogens (tertiary/aromatic N) is 2. The van der Waals surface area contributed by atoms with E-state index in [0.29, 0.717) is 12.4 Å². The Morgan fingerprint density at radius 2 is 2.09 bits per heavy atom. The van der Waals surface area contributed by atoms with Crippen LogP contribution in [-0.4, -0.2) is 35.1 Å². The molecule has 2 heterocycles. The molecule has 7 nitrogen and oxygen atoms in total. The lowest BCUT2D eigenvalue weighted by Gasteiger charge is -2.08. The Kier molecular flexibility index (Phi) is 5.26. The average Bonchev–Trinajstić information content (AvgIpc) is 2.78. The Morgan fingerprint density at radius 1 is 1.32 bits per heavy atom. The van der Waals surface area contributed by atoms with Gasteiger partial charge in [0, 0.05) is 11.4 Å². The molecule has 0 spiro atoms. The molecule has 22 heavy (non-hydrogen) atoms. The predicted octanol–water partition coefficient (Wildman–Crippen LogP) is 1.92. The normalized spacial score (nSPS) is 10.5. The van der Waals surface area contributed by atoms with Gasteiger partial charge in [-0.05, 0) is 25.8 Å². The van der Waals surface area contributed by atoms with Crippen molar-refractivity contribution in [2.45, 2.75) is 27.2 Å². The Morgan fingerprint density at radius 3 is 2.82 bits per heavy atom. The van der Waals surface area contributed by atoms with Crippen LogP contribution in [-0.2, 0) is 4.79 Å². The number of aryl methyl sites for hydroxylation is 2. The van der Waals surface area contributed by atoms with Crippen LogP contribution in [0.3, 0.4) is 0 Å². The molecule has 3 amide bonds. The second kappa shape index (κ2) is 7.17. The zero-order valence-corrected chi connectivity index (χ0v) is 13.5. The fourth-order valence-electron chi connectivity index (χ4n) is 1.84. The summed E-state index contributed by atoms with van der Waals surface area (Å²) < 4.78 is 5.44. The topological polar surface area (TPSA) is 93.2 Å². The van der Waals surface area contributed by atoms with Crippen LogP contribution in [0.2, 0.25) is 0 Å². The first-order chi connectivity index (χ1) is 10.5. The summed E-state index contributed by atoms with van der Waals surface area (Å²) in [6, 6.07) is -0.522. The number of amides is 3. The molecule has 0 aromatic carbocycles. The molecule has 8 heteroatoms. The lowest BCUT2D eigenvalue weighted by atomic mass is 10.2. The van der Waals surface area contributed by atoms with Crippen LogP contribution in [0.5, 0.6) is 5.88 Å². The first-order valence-electron chi connectivity index (χ1n) is 6.94. The monoisotopic (exact) mass is 322 g/mol. The van der Waals surface area contributed by atoms with Gasteiger partial charge in [0.2, 0.25) is 5.88 Å². The average molecular weight is 322 g/mol. The number of carbonyl (C=O) groups is 2. The zero-order valence-electron chi connectivity index (χ0n) is 12.7. The molecule has 0 aliphatic carbocycles. The Hall–Kier alpha value is -2.22. The van der Waals surface area contributed by atoms with Crippen molar-refractivity contribution >= 4 is 33.5 Å². The highest BCUT2D eigenvalue weighted by atomic mass is 32.1. The van der Waals surface area contributed by atoms with Crippen molar-refractivity contribution in [1.82, 2.24) is 20.6 Å². The molecule has 0 aliphatic heterocycles. The van der Waals surface area contributed by atoms with E-state index in [1.807, 2.05) is 20.8 Å². The third-order valence-corrected chi connectivity index (χ3v) is 4.17. The number of hydrogen-bond donors (Lipinski definition) is 2. The van der Waals surface area contributed by atoms with Crippen LogP contribution in [0.15, 0.2) is 6.33 Å². The zero-order chi connectivity index (χ0) is 16.1. The molecule has 2 aromatic heterocycles. The molecule has 2 aromatic rings. The number of aromatic nitrogens is 2. The maximum atomic E-state index is 11.7. The van der Waals surface area contributed by atoms with Gasteiger partial charge in [0.15, 0.2) is 6.61 Å². The smallest absolute Gasteiger partial charge is 0.321 e. The number of hydrogen-bond acceptors (Lipinski definition) is 6. The number of imide groups is 1. The Balaban J connectivity index is 2.00. The lowest BCUT2D eigenvalue weighted by Crippen LogP contribution is -2.41. The molecule has 0 radical (unpaired) electrons. The first kappa shape index (κ1) is 16.2. The molecule has 0 unspecified atom stereocenters. The molecule has 0 bridgehead atoms. The van der Waals surface area contributed by atoms with E-state index in [4.69, 9.17) is 4.74 Å². The van der Waals surface area contributed by atoms with E-state index in [-0.39, 0.29) is 6.61 Å². The van der Waals surface area contributed by atoms with E-state index in [1.54, 1.807) is 11.3 Å². The van der Waals surface area contributed by atoms with E-state index < -0.39 is 11.9 Å². The van der Waals surface area contributed by atoms with Gasteiger partial charge < -0.3 is 10.1 Å². The van der Waals surface area contributed by atoms with Gasteiger partial charge in [-0.15, -0.1) is 11.3 Å². The van der Waals surface area contributed by atoms with Crippen LogP contribution < -0.4 is 15.4 Å². The van der Waals surface area contributed by atoms with Crippen molar-refractivity contribution in [2.75, 3.05) is 13.2 Å². The quantitative estimate of drug-likeness (QED) is 0.877. The second-order valence-electron chi connectivity index (χ2n) is 4.73. The highest BCUT2D eigenvalue weighted by Crippen LogP contribution is 2.33. The summed E-state index contributed by atoms with van der Waals surface area (Å²) in [6.45, 7) is 6.12. The maximum absolute atomic E-state index is 11.7. The number of fused-ring (bicyclic) bond motifs is 1. The van der Waals surface area contributed by atoms with Gasteiger partial charge in [0.25, 0.3) is 5.91 Å². The molecule has 118 valence electrons. The molecule has 2 N–H and O–H groups in total. The van der Waals surface area contributed by atoms with E-state index in [9.17, 15) is 9.59 Å². The van der Waals surface area contributed by atoms with Crippen LogP contribution in [0.25, 0.3) is 10.2 Å². The Bertz CT molecular complexity index is 699. The molecule has 0 saturated heterocycles. The Labute approximate surface area is 132 Å². The SMILES string of the molecule is CCCNC(=O)NC(=O)COc1ncnc2sc(C)c(C)c12. The van der Waals surface area contributed by atoms with E-state index >= 15 is 0 Å². The summed E-state index contributed by atoms with van der Waals surface area (Å²) in [5, 5.41) is 5.56. The van der Waals surface area contributed by atoms with Crippen molar-refractivity contribution in [3.63, 3.8) is 0 Å². The number of thiophene rings is 1. The lowest BCUT2D eigenvalue weighted by molar-refractivity contribution is -0.122. The highest BCUT2D eigenvalue weighted by Gasteiger charge is 2.14. The predicted molar refractivity (Wildman–Crippen MR) is 84.2 cm³/mol. The summed E-state index contributed by atoms with van der Waals surface area (Å²) in [5.74, 6) is -0.166. The number of carbonyl (C=O) groups excluding carboxylic acids is 2. The van der Waals surface area contributed by atoms with E-state index in [1.165, 1.54) is 6.33 Å². The highest BCUT2D eigenvalue weighted by molar-refractivity contribution is 7.18. The van der Waals surface area contributed by atoms with Gasteiger partial charge >= 0.3 is 6.03 Å². The van der Waals surface area contributed by atoms with Crippen molar-refractivity contribution < 1.29 is 14.3 Å². The summed E-state index contributed by atoms with van der Waals surface area (Å²) in [4.78, 5) is 33.3. The molecular formula is C14H18N4O3S. The molecular weight excluding hydrogens is 304 g/mol. The van der Waals surface area contributed by atoms with Crippen molar-refractivity contribution in [2.24, 2.45) is 0 Å². The standard InChI is InChI=1S/C14H18N4O3S/c1-4-5-15-14(20)18-10(19)6-21-12-11-8(2)9(3)22-13(11)17-7-16-12/h7H,4-6H2,1-3H3,(H2,15,18,19,20). The van der Waals surface area contributed by atoms with Crippen LogP contribution in [0, 0.1) is 13.8 Å². The number of nitrogens with one attached hydrogen (secondary N) is 2. The fourth-order valence-corrected chi connectivity index (χ4v) is 2.83. The molecule has 0 fully saturated rings. The van der Waals surface area contributed by atoms with E-state index in [0.717, 1.165) is 27.1 Å². The van der Waals surface area contributed by atoms with Crippen molar-refractivity contribution in [3.05, 3.63) is 16.8 Å². The largest absolute Gasteiger partial charge is 0.467 e. The summed E-state index contributed by atoms with van der Waals surface area (Å²) in [6.07, 6.45) is 2.20. The van der Waals surface area contributed by atoms with Crippen LogP contribution >= 0.6 is 11.3 Å². The minimum atomic E-state index is -0.523. The third kappa shape index (κ3) is 3.70. The van der Waals surface area contributed by atoms with Gasteiger partial charge in [0.05, 0.1) is 5.39 Å². The van der Waals surface area contributed by atoms with Gasteiger partial charge in [-0.25, -0.2) is 14.8 Å². The fraction of sp³-hybridized carbons (Fsp3) is 0.429. The first-order valence-corrected chi connectivity index (χ1v) is 7.75. The summed E-state index contributed by atoms with van der Waals surface area (Å²) in [5.41, 5.74) is 1.04. The molecule has 0 saturated carbocycles. The van der Waals surface area contributed by atoms with Gasteiger partial charge in [-0.1, -0.05) is 6.92 Å². The second-order valence-corrected chi connectivity index (χ2v) is 5.94. The summed E-state index contributed by atoms with van der Waals surface area (Å²) >= 11 is 1.55. The van der Waals surface area contributed by atoms with Gasteiger partial charge in [-0.2, -0.15) is 0 Å². The maximum Gasteiger partial charge on any atom is 0.321 e. The number of urea groups is 1. The van der Waals surface area contributed by atoms with Gasteiger partial charge in [-0.3, -0.25) is 10.1 Å². The number of ether oxygens (including phenoxy) is 1. The van der Waals surface area contributed by atoms with Crippen molar-refractivity contribution in [3.8, 4) is 5.88 Å². The van der Waals surface area contributed by atoms with E-state index in [2.05, 4.69) is 20.6 Å². The van der Waals surface area contributed by atoms with Crippen molar-refractivity contribution in [1.29, 1.82) is 0 Å².